The minimum atomic E-state index is -3.39. The van der Waals surface area contributed by atoms with Crippen molar-refractivity contribution >= 4 is 86.6 Å². The number of carbonyl (C=O) groups is 4. The Kier molecular flexibility index (Phi) is 20.8. The number of aliphatic hydroxyl groups excluding tert-OH is 1. The van der Waals surface area contributed by atoms with Crippen LogP contribution in [-0.4, -0.2) is 145 Å². The highest BCUT2D eigenvalue weighted by molar-refractivity contribution is 7.92. The molecule has 2 aliphatic carbocycles. The van der Waals surface area contributed by atoms with E-state index < -0.39 is 63.1 Å². The predicted octanol–water partition coefficient (Wildman–Crippen LogP) is 10.2. The molecule has 0 unspecified atom stereocenters. The number of rotatable bonds is 19. The third-order valence-corrected chi connectivity index (χ3v) is 23.4. The number of aromatic nitrogens is 9. The molecule has 12 rings (SSSR count). The lowest BCUT2D eigenvalue weighted by Gasteiger charge is -2.33. The van der Waals surface area contributed by atoms with Gasteiger partial charge in [0.1, 0.15) is 22.6 Å². The summed E-state index contributed by atoms with van der Waals surface area (Å²) < 4.78 is 74.1. The van der Waals surface area contributed by atoms with Crippen molar-refractivity contribution in [2.75, 3.05) is 13.2 Å². The summed E-state index contributed by atoms with van der Waals surface area (Å²) in [6, 6.07) is 27.6. The number of hydrogen-bond donors (Lipinski definition) is 7. The van der Waals surface area contributed by atoms with Crippen LogP contribution in [0.5, 0.6) is 0 Å². The number of nitrogens with two attached hydrogens (primary N) is 1. The van der Waals surface area contributed by atoms with Gasteiger partial charge in [-0.2, -0.15) is 0 Å². The highest BCUT2D eigenvalue weighted by Crippen LogP contribution is 2.31. The molecule has 4 aromatic carbocycles. The largest absolute Gasteiger partial charge is 0.395 e. The van der Waals surface area contributed by atoms with E-state index in [1.807, 2.05) is 0 Å². The summed E-state index contributed by atoms with van der Waals surface area (Å²) in [6.45, 7) is 10.1. The quantitative estimate of drug-likeness (QED) is 0.0395. The molecule has 8 N–H and O–H groups in total. The normalized spacial score (nSPS) is 14.2. The number of aromatic amines is 3. The molecule has 0 bridgehead atoms. The fraction of sp³-hybridized carbons (Fsp3) is 0.324. The van der Waals surface area contributed by atoms with Crippen LogP contribution in [-0.2, 0) is 34.3 Å². The number of H-pyrrole nitrogens is 3. The van der Waals surface area contributed by atoms with Crippen molar-refractivity contribution in [2.24, 2.45) is 5.73 Å². The number of nitrogens with one attached hydrogen (secondary N) is 5. The van der Waals surface area contributed by atoms with Crippen LogP contribution in [0.25, 0.3) is 67.3 Å². The highest BCUT2D eigenvalue weighted by Gasteiger charge is 2.30. The van der Waals surface area contributed by atoms with Gasteiger partial charge in [-0.15, -0.1) is 0 Å². The third kappa shape index (κ3) is 15.0. The Morgan fingerprint density at radius 3 is 1.29 bits per heavy atom. The van der Waals surface area contributed by atoms with Crippen LogP contribution in [0.15, 0.2) is 155 Å². The fourth-order valence-electron chi connectivity index (χ4n) is 11.0. The summed E-state index contributed by atoms with van der Waals surface area (Å²) in [5, 5.41) is 13.7. The molecule has 0 spiro atoms. The SMILES string of the molecule is CC(C)S(=O)(=O)c1ccc(-c2cnc3[nH]cc(C(=O)N(CCO)C4CCCCC4)c3n2)cc1.CC(C)S(=O)(=O)c1ccc(-c2cnc3[nH]cc(C(=O)NC4CCC4)c3n2)cc1.CC(C)S(=O)(=O)c1ccc(-c2cnc3[nH]cc(C(=O)N[C@@H](C(N)=O)c4ccccc4)c3n2)cc1.[HH].[HH].[HH]. The molecule has 0 aliphatic heterocycles. The molecule has 0 saturated heterocycles. The molecule has 2 aliphatic rings. The van der Waals surface area contributed by atoms with Crippen LogP contribution >= 0.6 is 0 Å². The summed E-state index contributed by atoms with van der Waals surface area (Å²) in [4.78, 5) is 89.3. The Hall–Kier alpha value is -9.57. The topological polar surface area (TPSA) is 369 Å². The molecule has 6 aromatic heterocycles. The Morgan fingerprint density at radius 2 is 0.926 bits per heavy atom. The Balaban J connectivity index is 0.000000205. The first-order valence-electron chi connectivity index (χ1n) is 31.3. The van der Waals surface area contributed by atoms with Crippen LogP contribution in [0.4, 0.5) is 0 Å². The smallest absolute Gasteiger partial charge is 0.258 e. The van der Waals surface area contributed by atoms with Gasteiger partial charge in [-0.25, -0.2) is 55.2 Å². The van der Waals surface area contributed by atoms with Crippen LogP contribution < -0.4 is 16.4 Å². The average Bonchev–Trinajstić information content (AvgIpc) is 1.58. The maximum Gasteiger partial charge on any atom is 0.258 e. The van der Waals surface area contributed by atoms with E-state index in [0.29, 0.717) is 78.4 Å². The first kappa shape index (κ1) is 68.3. The van der Waals surface area contributed by atoms with Crippen molar-refractivity contribution in [3.05, 3.63) is 163 Å². The van der Waals surface area contributed by atoms with Gasteiger partial charge in [-0.1, -0.05) is 86.0 Å². The Morgan fingerprint density at radius 1 is 0.537 bits per heavy atom. The zero-order valence-corrected chi connectivity index (χ0v) is 55.7. The van der Waals surface area contributed by atoms with E-state index in [1.54, 1.807) is 162 Å². The van der Waals surface area contributed by atoms with Crippen molar-refractivity contribution < 1.29 is 53.8 Å². The van der Waals surface area contributed by atoms with Gasteiger partial charge in [0.05, 0.1) is 89.4 Å². The zero-order valence-electron chi connectivity index (χ0n) is 53.3. The van der Waals surface area contributed by atoms with Crippen molar-refractivity contribution in [1.82, 2.24) is 60.4 Å². The molecule has 2 saturated carbocycles. The lowest BCUT2D eigenvalue weighted by Crippen LogP contribution is -2.43. The molecule has 4 amide bonds. The Bertz CT molecular complexity index is 4800. The maximum atomic E-state index is 13.4. The van der Waals surface area contributed by atoms with Crippen molar-refractivity contribution in [2.45, 2.75) is 141 Å². The van der Waals surface area contributed by atoms with Gasteiger partial charge in [-0.05, 0) is 116 Å². The minimum Gasteiger partial charge on any atom is -0.395 e. The molecule has 1 atom stereocenters. The second-order valence-electron chi connectivity index (χ2n) is 24.2. The molecule has 24 nitrogen and oxygen atoms in total. The van der Waals surface area contributed by atoms with Gasteiger partial charge in [0.15, 0.2) is 46.5 Å². The van der Waals surface area contributed by atoms with Gasteiger partial charge in [0.2, 0.25) is 5.91 Å². The van der Waals surface area contributed by atoms with E-state index in [2.05, 4.69) is 55.5 Å². The summed E-state index contributed by atoms with van der Waals surface area (Å²) in [6.07, 6.45) is 17.9. The molecule has 95 heavy (non-hydrogen) atoms. The van der Waals surface area contributed by atoms with Gasteiger partial charge in [0.25, 0.3) is 17.7 Å². The molecule has 27 heteroatoms. The monoisotopic (exact) mass is 1350 g/mol. The highest BCUT2D eigenvalue weighted by atomic mass is 32.2. The number of aliphatic hydroxyl groups is 1. The van der Waals surface area contributed by atoms with Crippen LogP contribution in [0.1, 0.15) is 140 Å². The number of amides is 4. The first-order valence-corrected chi connectivity index (χ1v) is 35.9. The lowest BCUT2D eigenvalue weighted by molar-refractivity contribution is -0.120. The molecule has 10 aromatic rings. The fourth-order valence-corrected chi connectivity index (χ4v) is 14.1. The summed E-state index contributed by atoms with van der Waals surface area (Å²) >= 11 is 0. The van der Waals surface area contributed by atoms with Gasteiger partial charge in [0, 0.05) is 58.2 Å². The molecule has 6 heterocycles. The second kappa shape index (κ2) is 29.0. The Labute approximate surface area is 554 Å². The second-order valence-corrected chi connectivity index (χ2v) is 31.7. The van der Waals surface area contributed by atoms with Gasteiger partial charge < -0.3 is 41.3 Å². The van der Waals surface area contributed by atoms with Gasteiger partial charge >= 0.3 is 0 Å². The van der Waals surface area contributed by atoms with Crippen molar-refractivity contribution in [3.8, 4) is 33.8 Å². The van der Waals surface area contributed by atoms with E-state index in [9.17, 15) is 49.5 Å². The van der Waals surface area contributed by atoms with Crippen LogP contribution in [0, 0.1) is 0 Å². The predicted molar refractivity (Wildman–Crippen MR) is 367 cm³/mol. The molecule has 502 valence electrons. The van der Waals surface area contributed by atoms with Gasteiger partial charge in [-0.3, -0.25) is 19.2 Å². The minimum absolute atomic E-state index is 0. The zero-order chi connectivity index (χ0) is 67.9. The van der Waals surface area contributed by atoms with Crippen molar-refractivity contribution in [3.63, 3.8) is 0 Å². The number of primary amides is 1. The first-order chi connectivity index (χ1) is 45.4. The number of fused-ring (bicyclic) bond motifs is 3. The average molecular weight is 1350 g/mol. The van der Waals surface area contributed by atoms with E-state index >= 15 is 0 Å². The van der Waals surface area contributed by atoms with Crippen LogP contribution in [0.3, 0.4) is 0 Å². The number of nitrogens with zero attached hydrogens (tertiary/aromatic N) is 7. The molecular weight excluding hydrogens is 1270 g/mol. The summed E-state index contributed by atoms with van der Waals surface area (Å²) in [7, 11) is -10.1. The molecule has 2 fully saturated rings. The van der Waals surface area contributed by atoms with Crippen LogP contribution in [0.2, 0.25) is 0 Å². The summed E-state index contributed by atoms with van der Waals surface area (Å²) in [5.74, 6) is -1.54. The van der Waals surface area contributed by atoms with E-state index in [-0.39, 0.29) is 61.6 Å². The number of hydrogen-bond acceptors (Lipinski definition) is 17. The van der Waals surface area contributed by atoms with E-state index in [0.717, 1.165) is 50.5 Å². The van der Waals surface area contributed by atoms with Crippen molar-refractivity contribution in [1.29, 1.82) is 0 Å². The number of sulfone groups is 3. The molecular formula is C68H81N13O11S3. The standard InChI is InChI=1S/C24H23N5O4S.C24H30N4O4S.C20H22N4O3S.3H2/c1-14(2)34(32,33)17-10-8-15(9-11-17)19-13-27-23-21(28-19)18(12-26-23)24(31)29-20(22(25)30)16-6-4-3-5-7-16;1-16(2)33(31,32)19-10-8-17(9-11-19)21-15-26-23-22(27-21)20(14-25-23)24(30)28(12-13-29)18-6-4-3-5-7-18;1-12(2)28(26,27)15-8-6-13(7-9-15)17-11-22-19-18(24-17)16(10-21-19)20(25)23-14-4-3-5-14;;;/h3-14,20H,1-2H3,(H2,25,30)(H,26,27)(H,29,31);8-11,14-16,18,29H,3-7,12-13H2,1-2H3,(H,25,26);6-12,14H,3-5H2,1-2H3,(H,21,22)(H,23,25);3*1H/t20-;;;;;/m1...../s1. The number of carbonyl (C=O) groups excluding carboxylic acids is 4. The maximum absolute atomic E-state index is 13.4. The third-order valence-electron chi connectivity index (χ3n) is 16.9. The van der Waals surface area contributed by atoms with E-state index in [4.69, 9.17) is 5.73 Å². The summed E-state index contributed by atoms with van der Waals surface area (Å²) in [5.41, 5.74) is 13.6. The van der Waals surface area contributed by atoms with E-state index in [1.165, 1.54) is 30.9 Å². The lowest BCUT2D eigenvalue weighted by atomic mass is 9.93. The number of benzene rings is 4. The molecule has 0 radical (unpaired) electrons.